The van der Waals surface area contributed by atoms with E-state index in [9.17, 15) is 4.79 Å². The third-order valence-electron chi connectivity index (χ3n) is 1.88. The summed E-state index contributed by atoms with van der Waals surface area (Å²) in [6.45, 7) is 2.40. The van der Waals surface area contributed by atoms with E-state index >= 15 is 0 Å². The van der Waals surface area contributed by atoms with E-state index in [0.29, 0.717) is 23.6 Å². The third kappa shape index (κ3) is 3.56. The van der Waals surface area contributed by atoms with Gasteiger partial charge < -0.3 is 10.6 Å². The molecule has 0 fully saturated rings. The van der Waals surface area contributed by atoms with E-state index in [1.807, 2.05) is 6.92 Å². The molecule has 6 heteroatoms. The summed E-state index contributed by atoms with van der Waals surface area (Å²) in [6, 6.07) is 0. The Bertz CT molecular complexity index is 375. The number of amides is 1. The lowest BCUT2D eigenvalue weighted by atomic mass is 10.3. The van der Waals surface area contributed by atoms with Crippen molar-refractivity contribution >= 4 is 34.5 Å². The Morgan fingerprint density at radius 1 is 1.73 bits per heavy atom. The van der Waals surface area contributed by atoms with Crippen LogP contribution in [0.1, 0.15) is 21.9 Å². The second-order valence-corrected chi connectivity index (χ2v) is 4.78. The van der Waals surface area contributed by atoms with E-state index < -0.39 is 0 Å². The molecule has 0 atom stereocenters. The van der Waals surface area contributed by atoms with Gasteiger partial charge in [-0.2, -0.15) is 0 Å². The van der Waals surface area contributed by atoms with Gasteiger partial charge in [0.05, 0.1) is 10.00 Å². The van der Waals surface area contributed by atoms with Crippen molar-refractivity contribution in [2.45, 2.75) is 13.3 Å². The van der Waals surface area contributed by atoms with Crippen molar-refractivity contribution in [2.75, 3.05) is 13.6 Å². The van der Waals surface area contributed by atoms with Gasteiger partial charge in [0.15, 0.2) is 0 Å². The van der Waals surface area contributed by atoms with Gasteiger partial charge in [-0.25, -0.2) is 4.98 Å². The summed E-state index contributed by atoms with van der Waals surface area (Å²) in [5.74, 6) is -0.0874. The lowest BCUT2D eigenvalue weighted by molar-refractivity contribution is 0.0794. The first kappa shape index (κ1) is 12.1. The molecule has 1 amide bonds. The molecule has 0 spiro atoms. The SMILES string of the molecule is Cc1nc(C(=O)N(C)CCC(N)=S)cs1. The second-order valence-electron chi connectivity index (χ2n) is 3.19. The van der Waals surface area contributed by atoms with E-state index in [1.54, 1.807) is 17.3 Å². The summed E-state index contributed by atoms with van der Waals surface area (Å²) in [5, 5.41) is 2.65. The molecule has 1 aromatic rings. The quantitative estimate of drug-likeness (QED) is 0.807. The van der Waals surface area contributed by atoms with Gasteiger partial charge in [-0.15, -0.1) is 11.3 Å². The van der Waals surface area contributed by atoms with Crippen LogP contribution in [0.2, 0.25) is 0 Å². The van der Waals surface area contributed by atoms with E-state index in [0.717, 1.165) is 5.01 Å². The molecular formula is C9H13N3OS2. The van der Waals surface area contributed by atoms with Crippen LogP contribution in [0.4, 0.5) is 0 Å². The highest BCUT2D eigenvalue weighted by Gasteiger charge is 2.14. The molecule has 0 aromatic carbocycles. The molecule has 1 rings (SSSR count). The van der Waals surface area contributed by atoms with Crippen LogP contribution < -0.4 is 5.73 Å². The van der Waals surface area contributed by atoms with Crippen LogP contribution in [-0.2, 0) is 0 Å². The summed E-state index contributed by atoms with van der Waals surface area (Å²) >= 11 is 6.21. The van der Waals surface area contributed by atoms with Gasteiger partial charge in [0.25, 0.3) is 5.91 Å². The van der Waals surface area contributed by atoms with Crippen LogP contribution in [0, 0.1) is 6.92 Å². The summed E-state index contributed by atoms with van der Waals surface area (Å²) in [6.07, 6.45) is 0.542. The summed E-state index contributed by atoms with van der Waals surface area (Å²) < 4.78 is 0. The third-order valence-corrected chi connectivity index (χ3v) is 2.86. The van der Waals surface area contributed by atoms with Crippen LogP contribution in [-0.4, -0.2) is 34.4 Å². The average molecular weight is 243 g/mol. The van der Waals surface area contributed by atoms with E-state index in [1.165, 1.54) is 11.3 Å². The van der Waals surface area contributed by atoms with Gasteiger partial charge in [-0.1, -0.05) is 12.2 Å². The molecule has 0 saturated carbocycles. The maximum atomic E-state index is 11.8. The molecule has 15 heavy (non-hydrogen) atoms. The number of carbonyl (C=O) groups excluding carboxylic acids is 1. The van der Waals surface area contributed by atoms with Crippen LogP contribution in [0.15, 0.2) is 5.38 Å². The first-order valence-electron chi connectivity index (χ1n) is 4.46. The Morgan fingerprint density at radius 2 is 2.40 bits per heavy atom. The fourth-order valence-electron chi connectivity index (χ4n) is 1.04. The number of aryl methyl sites for hydroxylation is 1. The molecule has 0 aliphatic rings. The maximum absolute atomic E-state index is 11.8. The van der Waals surface area contributed by atoms with Crippen molar-refractivity contribution < 1.29 is 4.79 Å². The highest BCUT2D eigenvalue weighted by atomic mass is 32.1. The Hall–Kier alpha value is -1.01. The van der Waals surface area contributed by atoms with Crippen molar-refractivity contribution in [1.82, 2.24) is 9.88 Å². The maximum Gasteiger partial charge on any atom is 0.273 e. The Labute approximate surface area is 98.1 Å². The molecule has 0 radical (unpaired) electrons. The number of nitrogens with zero attached hydrogens (tertiary/aromatic N) is 2. The summed E-state index contributed by atoms with van der Waals surface area (Å²) in [4.78, 5) is 17.9. The number of carbonyl (C=O) groups is 1. The number of rotatable bonds is 4. The zero-order valence-electron chi connectivity index (χ0n) is 8.69. The average Bonchev–Trinajstić information content (AvgIpc) is 2.60. The first-order valence-corrected chi connectivity index (χ1v) is 5.75. The number of nitrogens with two attached hydrogens (primary N) is 1. The van der Waals surface area contributed by atoms with Gasteiger partial charge in [0, 0.05) is 25.4 Å². The number of hydrogen-bond acceptors (Lipinski definition) is 4. The smallest absolute Gasteiger partial charge is 0.273 e. The van der Waals surface area contributed by atoms with Crippen molar-refractivity contribution in [3.63, 3.8) is 0 Å². The van der Waals surface area contributed by atoms with E-state index in [2.05, 4.69) is 4.98 Å². The zero-order chi connectivity index (χ0) is 11.4. The van der Waals surface area contributed by atoms with Crippen LogP contribution in [0.5, 0.6) is 0 Å². The number of aromatic nitrogens is 1. The highest BCUT2D eigenvalue weighted by molar-refractivity contribution is 7.80. The molecule has 0 saturated heterocycles. The predicted octanol–water partition coefficient (Wildman–Crippen LogP) is 1.20. The van der Waals surface area contributed by atoms with Gasteiger partial charge in [0.2, 0.25) is 0 Å². The van der Waals surface area contributed by atoms with Gasteiger partial charge in [0.1, 0.15) is 5.69 Å². The largest absolute Gasteiger partial charge is 0.393 e. The molecule has 0 unspecified atom stereocenters. The fourth-order valence-corrected chi connectivity index (χ4v) is 1.71. The Morgan fingerprint density at radius 3 is 2.87 bits per heavy atom. The molecule has 1 heterocycles. The van der Waals surface area contributed by atoms with Crippen molar-refractivity contribution in [3.05, 3.63) is 16.1 Å². The standard InChI is InChI=1S/C9H13N3OS2/c1-6-11-7(5-15-6)9(13)12(2)4-3-8(10)14/h5H,3-4H2,1-2H3,(H2,10,14). The van der Waals surface area contributed by atoms with Crippen LogP contribution in [0.25, 0.3) is 0 Å². The summed E-state index contributed by atoms with van der Waals surface area (Å²) in [5.41, 5.74) is 5.85. The molecule has 0 aliphatic heterocycles. The number of thiocarbonyl (C=S) groups is 1. The molecule has 1 aromatic heterocycles. The normalized spacial score (nSPS) is 10.0. The monoisotopic (exact) mass is 243 g/mol. The fraction of sp³-hybridized carbons (Fsp3) is 0.444. The minimum atomic E-state index is -0.0874. The van der Waals surface area contributed by atoms with Gasteiger partial charge in [-0.3, -0.25) is 4.79 Å². The molecule has 0 aliphatic carbocycles. The van der Waals surface area contributed by atoms with Gasteiger partial charge in [-0.05, 0) is 6.92 Å². The van der Waals surface area contributed by atoms with Gasteiger partial charge >= 0.3 is 0 Å². The topological polar surface area (TPSA) is 59.2 Å². The molecule has 2 N–H and O–H groups in total. The molecule has 0 bridgehead atoms. The number of hydrogen-bond donors (Lipinski definition) is 1. The molecule has 4 nitrogen and oxygen atoms in total. The molecule has 82 valence electrons. The van der Waals surface area contributed by atoms with E-state index in [4.69, 9.17) is 18.0 Å². The minimum Gasteiger partial charge on any atom is -0.393 e. The number of thiazole rings is 1. The lowest BCUT2D eigenvalue weighted by Gasteiger charge is -2.14. The van der Waals surface area contributed by atoms with E-state index in [-0.39, 0.29) is 5.91 Å². The van der Waals surface area contributed by atoms with Crippen LogP contribution in [0.3, 0.4) is 0 Å². The summed E-state index contributed by atoms with van der Waals surface area (Å²) in [7, 11) is 1.72. The zero-order valence-corrected chi connectivity index (χ0v) is 10.3. The van der Waals surface area contributed by atoms with Crippen molar-refractivity contribution in [1.29, 1.82) is 0 Å². The molecular weight excluding hydrogens is 230 g/mol. The Balaban J connectivity index is 2.57. The second kappa shape index (κ2) is 5.18. The highest BCUT2D eigenvalue weighted by Crippen LogP contribution is 2.09. The predicted molar refractivity (Wildman–Crippen MR) is 65.2 cm³/mol. The first-order chi connectivity index (χ1) is 7.00. The van der Waals surface area contributed by atoms with Crippen molar-refractivity contribution in [3.8, 4) is 0 Å². The minimum absolute atomic E-state index is 0.0874. The lowest BCUT2D eigenvalue weighted by Crippen LogP contribution is -2.30. The Kier molecular flexibility index (Phi) is 4.16. The van der Waals surface area contributed by atoms with Crippen molar-refractivity contribution in [2.24, 2.45) is 5.73 Å². The van der Waals surface area contributed by atoms with Crippen LogP contribution >= 0.6 is 23.6 Å².